The first-order chi connectivity index (χ1) is 14.9. The predicted octanol–water partition coefficient (Wildman–Crippen LogP) is 4.14. The lowest BCUT2D eigenvalue weighted by Crippen LogP contribution is -2.32. The van der Waals surface area contributed by atoms with Gasteiger partial charge in [-0.3, -0.25) is 14.2 Å². The van der Waals surface area contributed by atoms with Gasteiger partial charge in [0, 0.05) is 28.9 Å². The smallest absolute Gasteiger partial charge is 0.258 e. The van der Waals surface area contributed by atoms with E-state index in [1.54, 1.807) is 18.2 Å². The number of halogens is 1. The standard InChI is InChI=1S/C23H21ClN4O3/c1-14(2)22-26-23(31-27-22)18-11-21(30)28(19-6-4-3-5-17(18)19)13-20(29)25-12-15-7-9-16(24)10-8-15/h3-11,14H,12-13H2,1-2H3,(H,25,29). The van der Waals surface area contributed by atoms with E-state index in [4.69, 9.17) is 16.1 Å². The summed E-state index contributed by atoms with van der Waals surface area (Å²) in [6.07, 6.45) is 0. The van der Waals surface area contributed by atoms with Crippen molar-refractivity contribution in [1.82, 2.24) is 20.0 Å². The van der Waals surface area contributed by atoms with Gasteiger partial charge in [0.25, 0.3) is 11.4 Å². The number of pyridine rings is 1. The molecule has 2 heterocycles. The Balaban J connectivity index is 1.62. The van der Waals surface area contributed by atoms with E-state index in [9.17, 15) is 9.59 Å². The number of amides is 1. The first-order valence-corrected chi connectivity index (χ1v) is 10.3. The van der Waals surface area contributed by atoms with Crippen LogP contribution in [0.4, 0.5) is 0 Å². The number of aromatic nitrogens is 3. The minimum Gasteiger partial charge on any atom is -0.350 e. The third kappa shape index (κ3) is 4.51. The first-order valence-electron chi connectivity index (χ1n) is 9.90. The van der Waals surface area contributed by atoms with Gasteiger partial charge in [-0.1, -0.05) is 60.9 Å². The van der Waals surface area contributed by atoms with Crippen LogP contribution in [-0.2, 0) is 17.9 Å². The molecule has 0 aliphatic carbocycles. The molecule has 0 aliphatic rings. The number of carbonyl (C=O) groups is 1. The van der Waals surface area contributed by atoms with Crippen LogP contribution in [0.15, 0.2) is 63.9 Å². The fraction of sp³-hybridized carbons (Fsp3) is 0.217. The molecule has 0 aliphatic heterocycles. The van der Waals surface area contributed by atoms with E-state index < -0.39 is 0 Å². The molecule has 0 radical (unpaired) electrons. The highest BCUT2D eigenvalue weighted by Crippen LogP contribution is 2.27. The van der Waals surface area contributed by atoms with E-state index in [0.29, 0.717) is 28.5 Å². The minimum atomic E-state index is -0.320. The number of nitrogens with zero attached hydrogens (tertiary/aromatic N) is 3. The Morgan fingerprint density at radius 1 is 1.16 bits per heavy atom. The zero-order chi connectivity index (χ0) is 22.0. The normalized spacial score (nSPS) is 11.2. The van der Waals surface area contributed by atoms with Gasteiger partial charge in [0.2, 0.25) is 5.91 Å². The summed E-state index contributed by atoms with van der Waals surface area (Å²) >= 11 is 5.89. The molecular weight excluding hydrogens is 416 g/mol. The second-order valence-corrected chi connectivity index (χ2v) is 7.95. The van der Waals surface area contributed by atoms with E-state index in [-0.39, 0.29) is 29.8 Å². The Kier molecular flexibility index (Phi) is 5.86. The number of nitrogens with one attached hydrogen (secondary N) is 1. The minimum absolute atomic E-state index is 0.103. The molecule has 2 aromatic carbocycles. The fourth-order valence-electron chi connectivity index (χ4n) is 3.26. The van der Waals surface area contributed by atoms with Crippen molar-refractivity contribution in [3.63, 3.8) is 0 Å². The van der Waals surface area contributed by atoms with Crippen LogP contribution in [0, 0.1) is 0 Å². The molecule has 2 aromatic heterocycles. The Morgan fingerprint density at radius 2 is 1.90 bits per heavy atom. The van der Waals surface area contributed by atoms with Crippen molar-refractivity contribution < 1.29 is 9.32 Å². The number of para-hydroxylation sites is 1. The van der Waals surface area contributed by atoms with Crippen molar-refractivity contribution in [3.05, 3.63) is 81.4 Å². The molecule has 0 atom stereocenters. The van der Waals surface area contributed by atoms with Crippen LogP contribution < -0.4 is 10.9 Å². The second-order valence-electron chi connectivity index (χ2n) is 7.52. The summed E-state index contributed by atoms with van der Waals surface area (Å²) in [7, 11) is 0. The van der Waals surface area contributed by atoms with Crippen LogP contribution in [0.25, 0.3) is 22.4 Å². The zero-order valence-corrected chi connectivity index (χ0v) is 17.9. The predicted molar refractivity (Wildman–Crippen MR) is 119 cm³/mol. The summed E-state index contributed by atoms with van der Waals surface area (Å²) in [6.45, 7) is 4.18. The van der Waals surface area contributed by atoms with Crippen LogP contribution in [0.3, 0.4) is 0 Å². The summed E-state index contributed by atoms with van der Waals surface area (Å²) in [5.74, 6) is 0.699. The molecule has 7 nitrogen and oxygen atoms in total. The molecule has 158 valence electrons. The molecule has 0 fully saturated rings. The zero-order valence-electron chi connectivity index (χ0n) is 17.1. The molecule has 0 saturated heterocycles. The Bertz CT molecular complexity index is 1290. The van der Waals surface area contributed by atoms with Gasteiger partial charge >= 0.3 is 0 Å². The van der Waals surface area contributed by atoms with E-state index in [1.165, 1.54) is 10.6 Å². The fourth-order valence-corrected chi connectivity index (χ4v) is 3.38. The Morgan fingerprint density at radius 3 is 2.61 bits per heavy atom. The number of hydrogen-bond donors (Lipinski definition) is 1. The first kappa shape index (κ1) is 20.8. The van der Waals surface area contributed by atoms with E-state index in [1.807, 2.05) is 44.2 Å². The molecule has 4 rings (SSSR count). The van der Waals surface area contributed by atoms with E-state index in [2.05, 4.69) is 15.5 Å². The van der Waals surface area contributed by atoms with Crippen molar-refractivity contribution in [2.24, 2.45) is 0 Å². The van der Waals surface area contributed by atoms with Gasteiger partial charge in [0.1, 0.15) is 6.54 Å². The molecule has 0 unspecified atom stereocenters. The second kappa shape index (κ2) is 8.73. The van der Waals surface area contributed by atoms with Crippen LogP contribution in [0.2, 0.25) is 5.02 Å². The van der Waals surface area contributed by atoms with Crippen molar-refractivity contribution in [2.75, 3.05) is 0 Å². The van der Waals surface area contributed by atoms with Crippen LogP contribution in [0.5, 0.6) is 0 Å². The largest absolute Gasteiger partial charge is 0.350 e. The van der Waals surface area contributed by atoms with Gasteiger partial charge in [0.05, 0.1) is 11.1 Å². The van der Waals surface area contributed by atoms with Crippen LogP contribution >= 0.6 is 11.6 Å². The summed E-state index contributed by atoms with van der Waals surface area (Å²) in [5.41, 5.74) is 1.77. The summed E-state index contributed by atoms with van der Waals surface area (Å²) in [4.78, 5) is 29.9. The van der Waals surface area contributed by atoms with Crippen molar-refractivity contribution in [2.45, 2.75) is 32.9 Å². The Labute approximate surface area is 183 Å². The number of hydrogen-bond acceptors (Lipinski definition) is 5. The molecule has 0 saturated carbocycles. The maximum atomic E-state index is 12.9. The number of rotatable bonds is 6. The van der Waals surface area contributed by atoms with E-state index in [0.717, 1.165) is 10.9 Å². The van der Waals surface area contributed by atoms with Crippen molar-refractivity contribution >= 4 is 28.4 Å². The van der Waals surface area contributed by atoms with Crippen molar-refractivity contribution in [3.8, 4) is 11.5 Å². The van der Waals surface area contributed by atoms with Crippen LogP contribution in [-0.4, -0.2) is 20.6 Å². The average molecular weight is 437 g/mol. The maximum absolute atomic E-state index is 12.9. The SMILES string of the molecule is CC(C)c1noc(-c2cc(=O)n(CC(=O)NCc3ccc(Cl)cc3)c3ccccc23)n1. The third-order valence-electron chi connectivity index (χ3n) is 4.91. The highest BCUT2D eigenvalue weighted by Gasteiger charge is 2.18. The van der Waals surface area contributed by atoms with Gasteiger partial charge in [-0.05, 0) is 23.8 Å². The average Bonchev–Trinajstić information content (AvgIpc) is 3.25. The van der Waals surface area contributed by atoms with Gasteiger partial charge in [-0.15, -0.1) is 0 Å². The molecule has 4 aromatic rings. The monoisotopic (exact) mass is 436 g/mol. The lowest BCUT2D eigenvalue weighted by atomic mass is 10.1. The van der Waals surface area contributed by atoms with Gasteiger partial charge in [0.15, 0.2) is 5.82 Å². The van der Waals surface area contributed by atoms with Gasteiger partial charge < -0.3 is 9.84 Å². The summed E-state index contributed by atoms with van der Waals surface area (Å²) in [5, 5.41) is 8.22. The number of fused-ring (bicyclic) bond motifs is 1. The topological polar surface area (TPSA) is 90.0 Å². The quantitative estimate of drug-likeness (QED) is 0.490. The van der Waals surface area contributed by atoms with Gasteiger partial charge in [-0.25, -0.2) is 0 Å². The molecule has 0 spiro atoms. The van der Waals surface area contributed by atoms with Crippen LogP contribution in [0.1, 0.15) is 31.2 Å². The lowest BCUT2D eigenvalue weighted by Gasteiger charge is -2.12. The Hall–Kier alpha value is -3.45. The van der Waals surface area contributed by atoms with Crippen molar-refractivity contribution in [1.29, 1.82) is 0 Å². The maximum Gasteiger partial charge on any atom is 0.258 e. The van der Waals surface area contributed by atoms with E-state index >= 15 is 0 Å². The molecular formula is C23H21ClN4O3. The molecule has 0 bridgehead atoms. The molecule has 31 heavy (non-hydrogen) atoms. The molecule has 1 N–H and O–H groups in total. The third-order valence-corrected chi connectivity index (χ3v) is 5.16. The highest BCUT2D eigenvalue weighted by molar-refractivity contribution is 6.30. The molecule has 8 heteroatoms. The summed E-state index contributed by atoms with van der Waals surface area (Å²) in [6, 6.07) is 16.0. The lowest BCUT2D eigenvalue weighted by molar-refractivity contribution is -0.121. The number of carbonyl (C=O) groups excluding carboxylic acids is 1. The molecule has 1 amide bonds. The van der Waals surface area contributed by atoms with Gasteiger partial charge in [-0.2, -0.15) is 4.98 Å². The highest BCUT2D eigenvalue weighted by atomic mass is 35.5. The summed E-state index contributed by atoms with van der Waals surface area (Å²) < 4.78 is 6.83. The number of benzene rings is 2.